The van der Waals surface area contributed by atoms with Gasteiger partial charge in [0, 0.05) is 6.20 Å². The third kappa shape index (κ3) is 1.62. The summed E-state index contributed by atoms with van der Waals surface area (Å²) in [6.45, 7) is 0. The van der Waals surface area contributed by atoms with Crippen LogP contribution < -0.4 is 5.56 Å². The van der Waals surface area contributed by atoms with Crippen molar-refractivity contribution in [1.29, 1.82) is 0 Å². The minimum absolute atomic E-state index is 0.327. The van der Waals surface area contributed by atoms with Crippen LogP contribution in [0.15, 0.2) is 11.0 Å². The number of alkyl halides is 2. The molecular weight excluding hydrogens is 286 g/mol. The zero-order chi connectivity index (χ0) is 9.30. The summed E-state index contributed by atoms with van der Waals surface area (Å²) in [6.07, 6.45) is -1.96. The maximum atomic E-state index is 12.7. The zero-order valence-corrected chi connectivity index (χ0v) is 7.73. The summed E-state index contributed by atoms with van der Waals surface area (Å²) in [6, 6.07) is 0. The lowest BCUT2D eigenvalue weighted by atomic mass is 10.3. The first-order valence-electron chi connectivity index (χ1n) is 2.88. The standard InChI is InChI=1S/C6H3F3INO/c7-3-4(10)2(5(8)9)1-11-6(3)12/h1,5H,(H,11,12). The first kappa shape index (κ1) is 9.56. The van der Waals surface area contributed by atoms with Crippen molar-refractivity contribution in [3.05, 3.63) is 31.5 Å². The molecule has 0 fully saturated rings. The summed E-state index contributed by atoms with van der Waals surface area (Å²) in [5.41, 5.74) is -1.48. The van der Waals surface area contributed by atoms with Gasteiger partial charge in [0.15, 0.2) is 0 Å². The number of H-pyrrole nitrogens is 1. The molecule has 0 saturated heterocycles. The first-order chi connectivity index (χ1) is 5.54. The fourth-order valence-electron chi connectivity index (χ4n) is 0.655. The molecule has 66 valence electrons. The van der Waals surface area contributed by atoms with Gasteiger partial charge in [-0.3, -0.25) is 4.79 Å². The van der Waals surface area contributed by atoms with Gasteiger partial charge in [-0.15, -0.1) is 0 Å². The summed E-state index contributed by atoms with van der Waals surface area (Å²) in [4.78, 5) is 12.4. The third-order valence-corrected chi connectivity index (χ3v) is 2.34. The van der Waals surface area contributed by atoms with Crippen LogP contribution in [0, 0.1) is 9.39 Å². The van der Waals surface area contributed by atoms with Gasteiger partial charge in [-0.2, -0.15) is 4.39 Å². The first-order valence-corrected chi connectivity index (χ1v) is 3.96. The van der Waals surface area contributed by atoms with Gasteiger partial charge in [-0.25, -0.2) is 8.78 Å². The maximum Gasteiger partial charge on any atom is 0.285 e. The number of nitrogens with one attached hydrogen (secondary N) is 1. The number of aromatic amines is 1. The molecule has 0 atom stereocenters. The molecule has 1 aromatic heterocycles. The monoisotopic (exact) mass is 289 g/mol. The summed E-state index contributed by atoms with van der Waals surface area (Å²) < 4.78 is 36.4. The Labute approximate surface area is 78.9 Å². The van der Waals surface area contributed by atoms with Crippen molar-refractivity contribution in [1.82, 2.24) is 4.98 Å². The normalized spacial score (nSPS) is 10.8. The second kappa shape index (κ2) is 3.46. The van der Waals surface area contributed by atoms with Crippen LogP contribution in [0.3, 0.4) is 0 Å². The predicted molar refractivity (Wildman–Crippen MR) is 44.7 cm³/mol. The molecule has 1 heterocycles. The molecule has 0 radical (unpaired) electrons. The van der Waals surface area contributed by atoms with Crippen molar-refractivity contribution in [2.75, 3.05) is 0 Å². The highest BCUT2D eigenvalue weighted by molar-refractivity contribution is 14.1. The molecule has 6 heteroatoms. The number of hydrogen-bond acceptors (Lipinski definition) is 1. The number of pyridine rings is 1. The van der Waals surface area contributed by atoms with Crippen LogP contribution in [-0.4, -0.2) is 4.98 Å². The Morgan fingerprint density at radius 3 is 2.58 bits per heavy atom. The molecule has 1 rings (SSSR count). The number of rotatable bonds is 1. The number of halogens is 4. The van der Waals surface area contributed by atoms with Crippen LogP contribution in [0.5, 0.6) is 0 Å². The Hall–Kier alpha value is -0.530. The molecule has 0 aliphatic carbocycles. The fourth-order valence-corrected chi connectivity index (χ4v) is 1.29. The van der Waals surface area contributed by atoms with Gasteiger partial charge < -0.3 is 4.98 Å². The van der Waals surface area contributed by atoms with E-state index >= 15 is 0 Å². The molecule has 0 aliphatic rings. The van der Waals surface area contributed by atoms with E-state index in [0.29, 0.717) is 0 Å². The van der Waals surface area contributed by atoms with Crippen molar-refractivity contribution in [3.63, 3.8) is 0 Å². The fraction of sp³-hybridized carbons (Fsp3) is 0.167. The van der Waals surface area contributed by atoms with Crippen molar-refractivity contribution in [3.8, 4) is 0 Å². The van der Waals surface area contributed by atoms with Crippen molar-refractivity contribution >= 4 is 22.6 Å². The summed E-state index contributed by atoms with van der Waals surface area (Å²) in [5.74, 6) is -1.16. The molecular formula is C6H3F3INO. The average Bonchev–Trinajstić information content (AvgIpc) is 2.00. The molecule has 0 spiro atoms. The lowest BCUT2D eigenvalue weighted by molar-refractivity contribution is 0.149. The minimum Gasteiger partial charge on any atom is -0.326 e. The summed E-state index contributed by atoms with van der Waals surface area (Å²) >= 11 is 1.37. The lowest BCUT2D eigenvalue weighted by Crippen LogP contribution is -2.14. The van der Waals surface area contributed by atoms with E-state index in [2.05, 4.69) is 0 Å². The molecule has 0 aliphatic heterocycles. The minimum atomic E-state index is -2.77. The molecule has 1 aromatic rings. The van der Waals surface area contributed by atoms with E-state index in [1.54, 1.807) is 0 Å². The van der Waals surface area contributed by atoms with Gasteiger partial charge >= 0.3 is 0 Å². The quantitative estimate of drug-likeness (QED) is 0.789. The molecule has 0 aromatic carbocycles. The van der Waals surface area contributed by atoms with Gasteiger partial charge in [0.2, 0.25) is 5.82 Å². The van der Waals surface area contributed by atoms with Crippen LogP contribution in [0.1, 0.15) is 12.0 Å². The second-order valence-electron chi connectivity index (χ2n) is 2.00. The highest BCUT2D eigenvalue weighted by Crippen LogP contribution is 2.23. The van der Waals surface area contributed by atoms with E-state index in [1.807, 2.05) is 4.98 Å². The van der Waals surface area contributed by atoms with E-state index in [1.165, 1.54) is 22.6 Å². The van der Waals surface area contributed by atoms with Gasteiger partial charge in [0.05, 0.1) is 9.13 Å². The van der Waals surface area contributed by atoms with Crippen molar-refractivity contribution in [2.24, 2.45) is 0 Å². The maximum absolute atomic E-state index is 12.7. The Bertz CT molecular complexity index is 349. The molecule has 0 unspecified atom stereocenters. The Kier molecular flexibility index (Phi) is 2.76. The van der Waals surface area contributed by atoms with E-state index < -0.39 is 23.4 Å². The Morgan fingerprint density at radius 1 is 1.50 bits per heavy atom. The van der Waals surface area contributed by atoms with Gasteiger partial charge in [0.1, 0.15) is 0 Å². The topological polar surface area (TPSA) is 32.9 Å². The van der Waals surface area contributed by atoms with Crippen molar-refractivity contribution in [2.45, 2.75) is 6.43 Å². The van der Waals surface area contributed by atoms with Gasteiger partial charge in [-0.05, 0) is 22.6 Å². The largest absolute Gasteiger partial charge is 0.326 e. The summed E-state index contributed by atoms with van der Waals surface area (Å²) in [7, 11) is 0. The van der Waals surface area contributed by atoms with Gasteiger partial charge in [-0.1, -0.05) is 0 Å². The number of aromatic nitrogens is 1. The molecule has 0 amide bonds. The summed E-state index contributed by atoms with van der Waals surface area (Å²) in [5, 5.41) is 0. The average molecular weight is 289 g/mol. The van der Waals surface area contributed by atoms with Crippen LogP contribution in [0.4, 0.5) is 13.2 Å². The van der Waals surface area contributed by atoms with Crippen LogP contribution in [-0.2, 0) is 0 Å². The molecule has 2 nitrogen and oxygen atoms in total. The highest BCUT2D eigenvalue weighted by Gasteiger charge is 2.16. The third-order valence-electron chi connectivity index (χ3n) is 1.24. The lowest BCUT2D eigenvalue weighted by Gasteiger charge is -2.01. The van der Waals surface area contributed by atoms with E-state index in [4.69, 9.17) is 0 Å². The SMILES string of the molecule is O=c1[nH]cc(C(F)F)c(I)c1F. The number of hydrogen-bond donors (Lipinski definition) is 1. The van der Waals surface area contributed by atoms with Crippen LogP contribution in [0.25, 0.3) is 0 Å². The predicted octanol–water partition coefficient (Wildman–Crippen LogP) is 2.06. The Morgan fingerprint density at radius 2 is 2.08 bits per heavy atom. The molecule has 0 saturated carbocycles. The zero-order valence-electron chi connectivity index (χ0n) is 5.57. The molecule has 12 heavy (non-hydrogen) atoms. The van der Waals surface area contributed by atoms with E-state index in [-0.39, 0.29) is 3.57 Å². The highest BCUT2D eigenvalue weighted by atomic mass is 127. The van der Waals surface area contributed by atoms with Crippen molar-refractivity contribution < 1.29 is 13.2 Å². The Balaban J connectivity index is 3.36. The van der Waals surface area contributed by atoms with Crippen LogP contribution in [0.2, 0.25) is 0 Å². The molecule has 0 bridgehead atoms. The van der Waals surface area contributed by atoms with E-state index in [0.717, 1.165) is 6.20 Å². The second-order valence-corrected chi connectivity index (χ2v) is 3.08. The van der Waals surface area contributed by atoms with Crippen LogP contribution >= 0.6 is 22.6 Å². The molecule has 1 N–H and O–H groups in total. The van der Waals surface area contributed by atoms with E-state index in [9.17, 15) is 18.0 Å². The smallest absolute Gasteiger partial charge is 0.285 e. The van der Waals surface area contributed by atoms with Gasteiger partial charge in [0.25, 0.3) is 12.0 Å².